The third kappa shape index (κ3) is 8.88. The van der Waals surface area contributed by atoms with Gasteiger partial charge in [0, 0.05) is 12.7 Å². The number of pyridine rings is 2. The monoisotopic (exact) mass is 738 g/mol. The van der Waals surface area contributed by atoms with Crippen LogP contribution in [-0.2, 0) is 0 Å². The number of para-hydroxylation sites is 1. The maximum atomic E-state index is 14.0. The van der Waals surface area contributed by atoms with Crippen molar-refractivity contribution in [1.82, 2.24) is 20.2 Å². The van der Waals surface area contributed by atoms with Crippen molar-refractivity contribution in [3.05, 3.63) is 76.5 Å². The van der Waals surface area contributed by atoms with Crippen molar-refractivity contribution in [1.29, 1.82) is 0 Å². The average molecular weight is 738 g/mol. The molecule has 4 aromatic rings. The zero-order chi connectivity index (χ0) is 32.9. The number of carbonyl (C=O) groups excluding carboxylic acids is 1. The number of nitrogens with one attached hydrogen (secondary N) is 2. The summed E-state index contributed by atoms with van der Waals surface area (Å²) < 4.78 is 24.8. The molecule has 0 spiro atoms. The Hall–Kier alpha value is -2.98. The van der Waals surface area contributed by atoms with Crippen LogP contribution >= 0.6 is 0 Å². The molecule has 7 nitrogen and oxygen atoms in total. The van der Waals surface area contributed by atoms with Crippen molar-refractivity contribution in [2.24, 2.45) is 0 Å². The molecule has 0 fully saturated rings. The minimum atomic E-state index is -2.72. The van der Waals surface area contributed by atoms with Crippen LogP contribution in [0.4, 0.5) is 4.39 Å². The van der Waals surface area contributed by atoms with Gasteiger partial charge in [-0.3, -0.25) is 0 Å². The first kappa shape index (κ1) is 35.9. The zero-order valence-electron chi connectivity index (χ0n) is 28.1. The van der Waals surface area contributed by atoms with E-state index in [1.807, 2.05) is 13.0 Å². The minimum absolute atomic E-state index is 0.0101. The van der Waals surface area contributed by atoms with Crippen LogP contribution in [0, 0.1) is 5.95 Å². The number of carbonyl (C=O) groups is 1. The number of halogens is 1. The second kappa shape index (κ2) is 17.8. The van der Waals surface area contributed by atoms with Gasteiger partial charge in [-0.05, 0) is 18.7 Å². The number of aromatic nitrogens is 2. The van der Waals surface area contributed by atoms with E-state index in [0.29, 0.717) is 42.7 Å². The molecule has 0 saturated heterocycles. The molecule has 0 aliphatic carbocycles. The van der Waals surface area contributed by atoms with Crippen LogP contribution in [-0.4, -0.2) is 71.9 Å². The van der Waals surface area contributed by atoms with Crippen LogP contribution in [0.25, 0.3) is 21.8 Å². The summed E-state index contributed by atoms with van der Waals surface area (Å²) in [6, 6.07) is 15.2. The first-order chi connectivity index (χ1) is 22.4. The fourth-order valence-electron chi connectivity index (χ4n) is 6.48. The SMILES string of the molecule is CCC[CH2][Sn]([CH2]CCC)([CH2]CCC)[c]1ccc2[nH]c3c(C(=O)NCCN(CC)CCOc4cccnc4F)cccc3c(=O)c2c1. The summed E-state index contributed by atoms with van der Waals surface area (Å²) >= 11 is -2.72. The molecule has 0 bridgehead atoms. The molecular formula is C37H51FN4O3Sn. The molecule has 2 aromatic heterocycles. The molecule has 1 amide bonds. The number of fused-ring (bicyclic) bond motifs is 2. The summed E-state index contributed by atoms with van der Waals surface area (Å²) in [6.07, 6.45) is 8.81. The number of H-pyrrole nitrogens is 1. The van der Waals surface area contributed by atoms with E-state index < -0.39 is 24.3 Å². The summed E-state index contributed by atoms with van der Waals surface area (Å²) in [6.45, 7) is 11.6. The topological polar surface area (TPSA) is 87.3 Å². The van der Waals surface area contributed by atoms with Crippen LogP contribution < -0.4 is 19.1 Å². The van der Waals surface area contributed by atoms with E-state index in [1.54, 1.807) is 24.3 Å². The number of amides is 1. The number of aromatic amines is 1. The van der Waals surface area contributed by atoms with Gasteiger partial charge in [-0.15, -0.1) is 0 Å². The van der Waals surface area contributed by atoms with Gasteiger partial charge in [0.2, 0.25) is 0 Å². The van der Waals surface area contributed by atoms with E-state index in [-0.39, 0.29) is 17.1 Å². The Morgan fingerprint density at radius 3 is 2.30 bits per heavy atom. The Bertz CT molecular complexity index is 1620. The summed E-state index contributed by atoms with van der Waals surface area (Å²) in [5.74, 6) is -0.718. The molecule has 0 radical (unpaired) electrons. The third-order valence-corrected chi connectivity index (χ3v) is 24.9. The van der Waals surface area contributed by atoms with Crippen molar-refractivity contribution in [2.75, 3.05) is 32.8 Å². The molecule has 9 heteroatoms. The molecule has 46 heavy (non-hydrogen) atoms. The molecule has 248 valence electrons. The number of ether oxygens (including phenoxy) is 1. The predicted octanol–water partition coefficient (Wildman–Crippen LogP) is 7.40. The first-order valence-electron chi connectivity index (χ1n) is 17.2. The van der Waals surface area contributed by atoms with Gasteiger partial charge in [-0.25, -0.2) is 4.98 Å². The number of unbranched alkanes of at least 4 members (excludes halogenated alkanes) is 3. The molecule has 0 aliphatic heterocycles. The maximum absolute atomic E-state index is 14.0. The molecule has 0 atom stereocenters. The molecule has 2 N–H and O–H groups in total. The Balaban J connectivity index is 1.52. The van der Waals surface area contributed by atoms with Crippen LogP contribution in [0.3, 0.4) is 0 Å². The average Bonchev–Trinajstić information content (AvgIpc) is 3.08. The van der Waals surface area contributed by atoms with E-state index in [0.717, 1.165) is 17.4 Å². The van der Waals surface area contributed by atoms with Gasteiger partial charge in [0.15, 0.2) is 5.75 Å². The molecule has 0 saturated carbocycles. The van der Waals surface area contributed by atoms with Gasteiger partial charge < -0.3 is 4.74 Å². The predicted molar refractivity (Wildman–Crippen MR) is 191 cm³/mol. The van der Waals surface area contributed by atoms with Gasteiger partial charge in [0.05, 0.1) is 0 Å². The number of likely N-dealkylation sites (N-methyl/N-ethyl adjacent to an activating group) is 1. The van der Waals surface area contributed by atoms with Gasteiger partial charge >= 0.3 is 208 Å². The summed E-state index contributed by atoms with van der Waals surface area (Å²) in [5.41, 5.74) is 1.80. The number of nitrogens with zero attached hydrogens (tertiary/aromatic N) is 2. The van der Waals surface area contributed by atoms with E-state index >= 15 is 0 Å². The normalized spacial score (nSPS) is 11.9. The summed E-state index contributed by atoms with van der Waals surface area (Å²) in [5, 5.41) is 4.30. The molecule has 2 aromatic carbocycles. The van der Waals surface area contributed by atoms with Crippen molar-refractivity contribution in [3.63, 3.8) is 0 Å². The van der Waals surface area contributed by atoms with Gasteiger partial charge in [0.1, 0.15) is 6.61 Å². The quantitative estimate of drug-likeness (QED) is 0.0596. The fraction of sp³-hybridized carbons (Fsp3) is 0.486. The first-order valence-corrected chi connectivity index (χ1v) is 24.7. The standard InChI is InChI=1S/C25H24FN4O3.3C4H9.Sn/c1-2-30(15-16-33-21-11-6-12-27-24(21)26)14-13-28-25(32)19-9-5-8-18-22(19)29-20-10-4-3-7-17(20)23(18)31;3*1-3-4-2;/h4-12H,2,13-16H2,1H3,(H,28,32)(H,29,31);3*1,3-4H2,2H3;. The van der Waals surface area contributed by atoms with Crippen molar-refractivity contribution >= 4 is 49.7 Å². The van der Waals surface area contributed by atoms with Gasteiger partial charge in [-0.1, -0.05) is 6.92 Å². The Morgan fingerprint density at radius 1 is 0.935 bits per heavy atom. The van der Waals surface area contributed by atoms with Crippen molar-refractivity contribution in [2.45, 2.75) is 79.5 Å². The summed E-state index contributed by atoms with van der Waals surface area (Å²) in [7, 11) is 0. The third-order valence-electron chi connectivity index (χ3n) is 9.27. The van der Waals surface area contributed by atoms with E-state index in [2.05, 4.69) is 59.2 Å². The van der Waals surface area contributed by atoms with Crippen LogP contribution in [0.1, 0.15) is 76.6 Å². The molecule has 2 heterocycles. The number of rotatable bonds is 19. The second-order valence-corrected chi connectivity index (χ2v) is 25.6. The fourth-order valence-corrected chi connectivity index (χ4v) is 22.5. The Labute approximate surface area is 277 Å². The van der Waals surface area contributed by atoms with Crippen LogP contribution in [0.5, 0.6) is 5.75 Å². The number of benzene rings is 2. The van der Waals surface area contributed by atoms with Crippen molar-refractivity contribution < 1.29 is 13.9 Å². The van der Waals surface area contributed by atoms with E-state index in [4.69, 9.17) is 4.74 Å². The molecule has 0 unspecified atom stereocenters. The van der Waals surface area contributed by atoms with E-state index in [1.165, 1.54) is 61.6 Å². The molecule has 4 rings (SSSR count). The summed E-state index contributed by atoms with van der Waals surface area (Å²) in [4.78, 5) is 36.6. The Kier molecular flexibility index (Phi) is 13.9. The number of hydrogen-bond donors (Lipinski definition) is 2. The molecular weight excluding hydrogens is 686 g/mol. The Morgan fingerprint density at radius 2 is 1.65 bits per heavy atom. The van der Waals surface area contributed by atoms with Crippen LogP contribution in [0.15, 0.2) is 59.5 Å². The van der Waals surface area contributed by atoms with E-state index in [9.17, 15) is 14.0 Å². The number of hydrogen-bond acceptors (Lipinski definition) is 5. The molecule has 0 aliphatic rings. The zero-order valence-corrected chi connectivity index (χ0v) is 30.9. The van der Waals surface area contributed by atoms with Gasteiger partial charge in [-0.2, -0.15) is 4.39 Å². The van der Waals surface area contributed by atoms with Crippen molar-refractivity contribution in [3.8, 4) is 5.75 Å². The second-order valence-electron chi connectivity index (χ2n) is 12.4. The van der Waals surface area contributed by atoms with Gasteiger partial charge in [0.25, 0.3) is 5.95 Å². The van der Waals surface area contributed by atoms with Crippen LogP contribution in [0.2, 0.25) is 13.3 Å².